The van der Waals surface area contributed by atoms with Gasteiger partial charge in [0.25, 0.3) is 0 Å². The predicted octanol–water partition coefficient (Wildman–Crippen LogP) is 1.88. The lowest BCUT2D eigenvalue weighted by Gasteiger charge is -2.15. The second-order valence-electron chi connectivity index (χ2n) is 3.77. The van der Waals surface area contributed by atoms with Crippen LogP contribution < -0.4 is 0 Å². The van der Waals surface area contributed by atoms with Crippen molar-refractivity contribution in [2.24, 2.45) is 0 Å². The van der Waals surface area contributed by atoms with E-state index in [0.717, 1.165) is 13.0 Å². The van der Waals surface area contributed by atoms with E-state index in [4.69, 9.17) is 0 Å². The Morgan fingerprint density at radius 3 is 2.33 bits per heavy atom. The third kappa shape index (κ3) is 8.02. The topological polar surface area (TPSA) is 23.5 Å². The van der Waals surface area contributed by atoms with Gasteiger partial charge in [0, 0.05) is 6.54 Å². The minimum atomic E-state index is -0.128. The molecule has 0 rings (SSSR count). The van der Waals surface area contributed by atoms with Gasteiger partial charge in [-0.1, -0.05) is 32.6 Å². The molecule has 0 aliphatic carbocycles. The molecular formula is C10H23NO. The largest absolute Gasteiger partial charge is 0.392 e. The smallest absolute Gasteiger partial charge is 0.0666 e. The minimum absolute atomic E-state index is 0.128. The Morgan fingerprint density at radius 1 is 1.17 bits per heavy atom. The Kier molecular flexibility index (Phi) is 7.51. The van der Waals surface area contributed by atoms with Crippen LogP contribution in [0.15, 0.2) is 0 Å². The van der Waals surface area contributed by atoms with Crippen molar-refractivity contribution in [2.45, 2.75) is 45.1 Å². The fourth-order valence-electron chi connectivity index (χ4n) is 1.32. The number of rotatable bonds is 7. The number of unbranched alkanes of at least 4 members (excludes halogenated alkanes) is 3. The molecular weight excluding hydrogens is 150 g/mol. The SMILES string of the molecule is CCCCCC[C@@H](O)CN(C)C. The molecule has 0 heterocycles. The summed E-state index contributed by atoms with van der Waals surface area (Å²) in [5.74, 6) is 0. The third-order valence-electron chi connectivity index (χ3n) is 1.97. The molecule has 0 radical (unpaired) electrons. The van der Waals surface area contributed by atoms with Gasteiger partial charge in [-0.25, -0.2) is 0 Å². The summed E-state index contributed by atoms with van der Waals surface area (Å²) in [5.41, 5.74) is 0. The van der Waals surface area contributed by atoms with Crippen LogP contribution in [0.4, 0.5) is 0 Å². The molecule has 1 N–H and O–H groups in total. The van der Waals surface area contributed by atoms with E-state index in [0.29, 0.717) is 0 Å². The van der Waals surface area contributed by atoms with Crippen molar-refractivity contribution in [2.75, 3.05) is 20.6 Å². The monoisotopic (exact) mass is 173 g/mol. The van der Waals surface area contributed by atoms with E-state index in [2.05, 4.69) is 6.92 Å². The van der Waals surface area contributed by atoms with Crippen molar-refractivity contribution < 1.29 is 5.11 Å². The van der Waals surface area contributed by atoms with Crippen molar-refractivity contribution in [3.05, 3.63) is 0 Å². The third-order valence-corrected chi connectivity index (χ3v) is 1.97. The molecule has 0 unspecified atom stereocenters. The van der Waals surface area contributed by atoms with Gasteiger partial charge >= 0.3 is 0 Å². The van der Waals surface area contributed by atoms with E-state index in [9.17, 15) is 5.11 Å². The molecule has 0 aromatic rings. The predicted molar refractivity (Wildman–Crippen MR) is 53.3 cm³/mol. The number of aliphatic hydroxyl groups is 1. The Labute approximate surface area is 76.6 Å². The number of hydrogen-bond donors (Lipinski definition) is 1. The van der Waals surface area contributed by atoms with Gasteiger partial charge in [-0.3, -0.25) is 0 Å². The van der Waals surface area contributed by atoms with Crippen molar-refractivity contribution in [3.63, 3.8) is 0 Å². The van der Waals surface area contributed by atoms with E-state index in [-0.39, 0.29) is 6.10 Å². The Bertz CT molecular complexity index is 93.8. The first-order valence-electron chi connectivity index (χ1n) is 4.99. The molecule has 0 amide bonds. The van der Waals surface area contributed by atoms with Crippen LogP contribution in [0.1, 0.15) is 39.0 Å². The number of hydrogen-bond acceptors (Lipinski definition) is 2. The van der Waals surface area contributed by atoms with Gasteiger partial charge < -0.3 is 10.0 Å². The molecule has 0 aromatic heterocycles. The van der Waals surface area contributed by atoms with Gasteiger partial charge in [-0.2, -0.15) is 0 Å². The van der Waals surface area contributed by atoms with Gasteiger partial charge in [0.2, 0.25) is 0 Å². The average Bonchev–Trinajstić information content (AvgIpc) is 1.97. The van der Waals surface area contributed by atoms with Crippen LogP contribution in [0, 0.1) is 0 Å². The fourth-order valence-corrected chi connectivity index (χ4v) is 1.32. The zero-order valence-electron chi connectivity index (χ0n) is 8.71. The van der Waals surface area contributed by atoms with Crippen LogP contribution in [0.25, 0.3) is 0 Å². The number of aliphatic hydroxyl groups excluding tert-OH is 1. The molecule has 1 atom stereocenters. The van der Waals surface area contributed by atoms with Crippen LogP contribution in [0.3, 0.4) is 0 Å². The standard InChI is InChI=1S/C10H23NO/c1-4-5-6-7-8-10(12)9-11(2)3/h10,12H,4-9H2,1-3H3/t10-/m1/s1. The van der Waals surface area contributed by atoms with Gasteiger partial charge in [-0.05, 0) is 20.5 Å². The number of nitrogens with zero attached hydrogens (tertiary/aromatic N) is 1. The first-order valence-corrected chi connectivity index (χ1v) is 4.99. The van der Waals surface area contributed by atoms with E-state index in [1.807, 2.05) is 19.0 Å². The second kappa shape index (κ2) is 7.56. The molecule has 0 saturated carbocycles. The van der Waals surface area contributed by atoms with Gasteiger partial charge in [0.15, 0.2) is 0 Å². The van der Waals surface area contributed by atoms with Gasteiger partial charge in [0.1, 0.15) is 0 Å². The molecule has 0 aliphatic heterocycles. The fraction of sp³-hybridized carbons (Fsp3) is 1.00. The van der Waals surface area contributed by atoms with Crippen molar-refractivity contribution >= 4 is 0 Å². The van der Waals surface area contributed by atoms with Crippen molar-refractivity contribution in [1.29, 1.82) is 0 Å². The lowest BCUT2D eigenvalue weighted by atomic mass is 10.1. The maximum atomic E-state index is 9.48. The molecule has 0 saturated heterocycles. The Hall–Kier alpha value is -0.0800. The first-order chi connectivity index (χ1) is 5.66. The summed E-state index contributed by atoms with van der Waals surface area (Å²) in [6.07, 6.45) is 5.83. The van der Waals surface area contributed by atoms with E-state index in [1.165, 1.54) is 25.7 Å². The maximum absolute atomic E-state index is 9.48. The molecule has 2 nitrogen and oxygen atoms in total. The van der Waals surface area contributed by atoms with Gasteiger partial charge in [0.05, 0.1) is 6.10 Å². The highest BCUT2D eigenvalue weighted by molar-refractivity contribution is 4.58. The second-order valence-corrected chi connectivity index (χ2v) is 3.77. The molecule has 2 heteroatoms. The van der Waals surface area contributed by atoms with E-state index in [1.54, 1.807) is 0 Å². The van der Waals surface area contributed by atoms with Crippen LogP contribution in [-0.4, -0.2) is 36.8 Å². The molecule has 0 spiro atoms. The van der Waals surface area contributed by atoms with Crippen molar-refractivity contribution in [1.82, 2.24) is 4.90 Å². The average molecular weight is 173 g/mol. The Balaban J connectivity index is 3.14. The van der Waals surface area contributed by atoms with Crippen LogP contribution in [0.2, 0.25) is 0 Å². The summed E-state index contributed by atoms with van der Waals surface area (Å²) in [6, 6.07) is 0. The summed E-state index contributed by atoms with van der Waals surface area (Å²) < 4.78 is 0. The van der Waals surface area contributed by atoms with Gasteiger partial charge in [-0.15, -0.1) is 0 Å². The molecule has 74 valence electrons. The minimum Gasteiger partial charge on any atom is -0.392 e. The normalized spacial score (nSPS) is 13.8. The summed E-state index contributed by atoms with van der Waals surface area (Å²) >= 11 is 0. The lowest BCUT2D eigenvalue weighted by molar-refractivity contribution is 0.125. The lowest BCUT2D eigenvalue weighted by Crippen LogP contribution is -2.25. The Morgan fingerprint density at radius 2 is 1.83 bits per heavy atom. The van der Waals surface area contributed by atoms with Crippen LogP contribution >= 0.6 is 0 Å². The summed E-state index contributed by atoms with van der Waals surface area (Å²) in [7, 11) is 3.99. The van der Waals surface area contributed by atoms with E-state index < -0.39 is 0 Å². The first kappa shape index (κ1) is 11.9. The molecule has 0 aliphatic rings. The van der Waals surface area contributed by atoms with E-state index >= 15 is 0 Å². The highest BCUT2D eigenvalue weighted by atomic mass is 16.3. The zero-order valence-corrected chi connectivity index (χ0v) is 8.71. The number of likely N-dealkylation sites (N-methyl/N-ethyl adjacent to an activating group) is 1. The highest BCUT2D eigenvalue weighted by Gasteiger charge is 2.03. The molecule has 0 aromatic carbocycles. The van der Waals surface area contributed by atoms with Crippen LogP contribution in [-0.2, 0) is 0 Å². The zero-order chi connectivity index (χ0) is 9.40. The molecule has 0 fully saturated rings. The summed E-state index contributed by atoms with van der Waals surface area (Å²) in [5, 5.41) is 9.48. The molecule has 0 bridgehead atoms. The van der Waals surface area contributed by atoms with Crippen molar-refractivity contribution in [3.8, 4) is 0 Å². The highest BCUT2D eigenvalue weighted by Crippen LogP contribution is 2.05. The quantitative estimate of drug-likeness (QED) is 0.594. The summed E-state index contributed by atoms with van der Waals surface area (Å²) in [6.45, 7) is 3.00. The maximum Gasteiger partial charge on any atom is 0.0666 e. The summed E-state index contributed by atoms with van der Waals surface area (Å²) in [4.78, 5) is 2.03. The van der Waals surface area contributed by atoms with Crippen LogP contribution in [0.5, 0.6) is 0 Å². The molecule has 12 heavy (non-hydrogen) atoms.